The van der Waals surface area contributed by atoms with Gasteiger partial charge in [-0.25, -0.2) is 0 Å². The predicted molar refractivity (Wildman–Crippen MR) is 126 cm³/mol. The summed E-state index contributed by atoms with van der Waals surface area (Å²) in [5, 5.41) is 18.6. The Morgan fingerprint density at radius 3 is 1.33 bits per heavy atom. The van der Waals surface area contributed by atoms with Gasteiger partial charge in [0.05, 0.1) is 5.41 Å². The SMILES string of the molecule is CCCCCCCC(CCCCCCCCCCCCCC(=O)O)(C(=O)O)C(C)C. The zero-order valence-corrected chi connectivity index (χ0v) is 20.2. The van der Waals surface area contributed by atoms with Gasteiger partial charge in [-0.05, 0) is 25.2 Å². The molecule has 0 aromatic carbocycles. The van der Waals surface area contributed by atoms with Crippen molar-refractivity contribution in [3.05, 3.63) is 0 Å². The number of hydrogen-bond acceptors (Lipinski definition) is 2. The lowest BCUT2D eigenvalue weighted by atomic mass is 9.70. The summed E-state index contributed by atoms with van der Waals surface area (Å²) in [6.45, 7) is 6.38. The van der Waals surface area contributed by atoms with Crippen LogP contribution in [-0.4, -0.2) is 22.2 Å². The highest BCUT2D eigenvalue weighted by Crippen LogP contribution is 2.39. The minimum absolute atomic E-state index is 0.191. The van der Waals surface area contributed by atoms with Crippen molar-refractivity contribution in [2.45, 2.75) is 143 Å². The van der Waals surface area contributed by atoms with Crippen LogP contribution in [0.2, 0.25) is 0 Å². The van der Waals surface area contributed by atoms with Crippen molar-refractivity contribution in [1.82, 2.24) is 0 Å². The topological polar surface area (TPSA) is 74.6 Å². The van der Waals surface area contributed by atoms with Crippen molar-refractivity contribution >= 4 is 11.9 Å². The number of hydrogen-bond donors (Lipinski definition) is 2. The van der Waals surface area contributed by atoms with Gasteiger partial charge in [0.25, 0.3) is 0 Å². The molecule has 0 fully saturated rings. The first-order valence-electron chi connectivity index (χ1n) is 12.8. The molecule has 0 aliphatic carbocycles. The van der Waals surface area contributed by atoms with Crippen LogP contribution in [0.15, 0.2) is 0 Å². The lowest BCUT2D eigenvalue weighted by Gasteiger charge is -2.34. The molecule has 0 aliphatic rings. The van der Waals surface area contributed by atoms with Crippen molar-refractivity contribution in [3.8, 4) is 0 Å². The highest BCUT2D eigenvalue weighted by molar-refractivity contribution is 5.74. The fourth-order valence-corrected chi connectivity index (χ4v) is 4.51. The second-order valence-electron chi connectivity index (χ2n) is 9.56. The molecule has 0 aromatic rings. The van der Waals surface area contributed by atoms with Crippen LogP contribution in [0.3, 0.4) is 0 Å². The van der Waals surface area contributed by atoms with Crippen molar-refractivity contribution in [3.63, 3.8) is 0 Å². The van der Waals surface area contributed by atoms with Crippen LogP contribution in [0.25, 0.3) is 0 Å². The molecule has 1 unspecified atom stereocenters. The van der Waals surface area contributed by atoms with Crippen LogP contribution in [0.5, 0.6) is 0 Å². The summed E-state index contributed by atoms with van der Waals surface area (Å²) in [5.41, 5.74) is -0.535. The minimum Gasteiger partial charge on any atom is -0.481 e. The van der Waals surface area contributed by atoms with E-state index in [1.54, 1.807) is 0 Å². The summed E-state index contributed by atoms with van der Waals surface area (Å²) in [6.07, 6.45) is 20.5. The van der Waals surface area contributed by atoms with E-state index in [1.807, 2.05) is 0 Å². The number of unbranched alkanes of at least 4 members (excludes halogenated alkanes) is 14. The predicted octanol–water partition coefficient (Wildman–Crippen LogP) is 8.23. The lowest BCUT2D eigenvalue weighted by molar-refractivity contribution is -0.153. The first-order valence-corrected chi connectivity index (χ1v) is 12.8. The third-order valence-corrected chi connectivity index (χ3v) is 6.77. The zero-order valence-electron chi connectivity index (χ0n) is 20.2. The molecule has 0 saturated carbocycles. The van der Waals surface area contributed by atoms with E-state index >= 15 is 0 Å². The van der Waals surface area contributed by atoms with Crippen molar-refractivity contribution in [2.24, 2.45) is 11.3 Å². The molecule has 0 rings (SSSR count). The summed E-state index contributed by atoms with van der Waals surface area (Å²) in [6, 6.07) is 0. The van der Waals surface area contributed by atoms with Crippen LogP contribution < -0.4 is 0 Å². The normalized spacial score (nSPS) is 13.5. The van der Waals surface area contributed by atoms with Crippen LogP contribution >= 0.6 is 0 Å². The van der Waals surface area contributed by atoms with Crippen LogP contribution in [0.1, 0.15) is 143 Å². The van der Waals surface area contributed by atoms with Gasteiger partial charge in [0, 0.05) is 6.42 Å². The van der Waals surface area contributed by atoms with Crippen molar-refractivity contribution < 1.29 is 19.8 Å². The van der Waals surface area contributed by atoms with Crippen LogP contribution in [0.4, 0.5) is 0 Å². The second-order valence-corrected chi connectivity index (χ2v) is 9.56. The van der Waals surface area contributed by atoms with Gasteiger partial charge in [0.15, 0.2) is 0 Å². The maximum atomic E-state index is 12.1. The molecule has 178 valence electrons. The van der Waals surface area contributed by atoms with Gasteiger partial charge >= 0.3 is 11.9 Å². The highest BCUT2D eigenvalue weighted by Gasteiger charge is 2.40. The van der Waals surface area contributed by atoms with Gasteiger partial charge in [-0.1, -0.05) is 117 Å². The lowest BCUT2D eigenvalue weighted by Crippen LogP contribution is -2.36. The van der Waals surface area contributed by atoms with Gasteiger partial charge in [-0.2, -0.15) is 0 Å². The van der Waals surface area contributed by atoms with E-state index in [2.05, 4.69) is 20.8 Å². The number of aliphatic carboxylic acids is 2. The molecular formula is C26H50O4. The quantitative estimate of drug-likeness (QED) is 0.171. The largest absolute Gasteiger partial charge is 0.481 e. The Balaban J connectivity index is 3.87. The van der Waals surface area contributed by atoms with Crippen LogP contribution in [0, 0.1) is 11.3 Å². The molecule has 30 heavy (non-hydrogen) atoms. The Bertz CT molecular complexity index is 433. The highest BCUT2D eigenvalue weighted by atomic mass is 16.4. The van der Waals surface area contributed by atoms with Gasteiger partial charge in [0.1, 0.15) is 0 Å². The van der Waals surface area contributed by atoms with Gasteiger partial charge in [-0.15, -0.1) is 0 Å². The third-order valence-electron chi connectivity index (χ3n) is 6.77. The molecule has 0 amide bonds. The number of carboxylic acid groups (broad SMARTS) is 2. The molecule has 0 bridgehead atoms. The Morgan fingerprint density at radius 2 is 1.00 bits per heavy atom. The Labute approximate surface area is 186 Å². The molecule has 4 heteroatoms. The molecule has 0 aliphatic heterocycles. The van der Waals surface area contributed by atoms with Gasteiger partial charge in [-0.3, -0.25) is 9.59 Å². The smallest absolute Gasteiger partial charge is 0.309 e. The molecule has 0 radical (unpaired) electrons. The molecular weight excluding hydrogens is 376 g/mol. The molecule has 4 nitrogen and oxygen atoms in total. The maximum absolute atomic E-state index is 12.1. The van der Waals surface area contributed by atoms with E-state index in [9.17, 15) is 14.7 Å². The summed E-state index contributed by atoms with van der Waals surface area (Å²) in [4.78, 5) is 22.6. The first-order chi connectivity index (χ1) is 14.4. The second kappa shape index (κ2) is 18.7. The van der Waals surface area contributed by atoms with E-state index in [1.165, 1.54) is 57.8 Å². The summed E-state index contributed by atoms with van der Waals surface area (Å²) < 4.78 is 0. The minimum atomic E-state index is -0.684. The van der Waals surface area contributed by atoms with E-state index in [0.29, 0.717) is 6.42 Å². The molecule has 2 N–H and O–H groups in total. The Morgan fingerprint density at radius 1 is 0.633 bits per heavy atom. The standard InChI is InChI=1S/C26H50O4/c1-4-5-6-15-18-21-26(23(2)3,25(29)30)22-19-16-13-11-9-7-8-10-12-14-17-20-24(27)28/h23H,4-22H2,1-3H3,(H,27,28)(H,29,30). The average molecular weight is 427 g/mol. The van der Waals surface area contributed by atoms with Crippen molar-refractivity contribution in [2.75, 3.05) is 0 Å². The number of carbonyl (C=O) groups is 2. The van der Waals surface area contributed by atoms with E-state index in [4.69, 9.17) is 5.11 Å². The fraction of sp³-hybridized carbons (Fsp3) is 0.923. The maximum Gasteiger partial charge on any atom is 0.309 e. The monoisotopic (exact) mass is 426 g/mol. The average Bonchev–Trinajstić information content (AvgIpc) is 2.69. The Kier molecular flexibility index (Phi) is 18.0. The van der Waals surface area contributed by atoms with E-state index in [0.717, 1.165) is 57.8 Å². The zero-order chi connectivity index (χ0) is 22.7. The summed E-state index contributed by atoms with van der Waals surface area (Å²) >= 11 is 0. The van der Waals surface area contributed by atoms with Crippen LogP contribution in [-0.2, 0) is 9.59 Å². The first kappa shape index (κ1) is 28.9. The molecule has 0 saturated heterocycles. The van der Waals surface area contributed by atoms with E-state index < -0.39 is 17.4 Å². The molecule has 0 heterocycles. The van der Waals surface area contributed by atoms with E-state index in [-0.39, 0.29) is 5.92 Å². The fourth-order valence-electron chi connectivity index (χ4n) is 4.51. The molecule has 0 spiro atoms. The van der Waals surface area contributed by atoms with Crippen molar-refractivity contribution in [1.29, 1.82) is 0 Å². The Hall–Kier alpha value is -1.06. The molecule has 1 atom stereocenters. The summed E-state index contributed by atoms with van der Waals surface area (Å²) in [5.74, 6) is -1.08. The molecule has 0 aromatic heterocycles. The summed E-state index contributed by atoms with van der Waals surface area (Å²) in [7, 11) is 0. The van der Waals surface area contributed by atoms with Gasteiger partial charge in [0.2, 0.25) is 0 Å². The third kappa shape index (κ3) is 14.0. The van der Waals surface area contributed by atoms with Gasteiger partial charge < -0.3 is 10.2 Å². The number of rotatable bonds is 22. The number of carboxylic acids is 2.